The molecule has 3 rings (SSSR count). The Kier molecular flexibility index (Phi) is 5.98. The molecule has 10 heteroatoms. The first-order valence-corrected chi connectivity index (χ1v) is 9.14. The maximum absolute atomic E-state index is 14.8. The molecule has 2 N–H and O–H groups in total. The fraction of sp³-hybridized carbons (Fsp3) is 0.500. The van der Waals surface area contributed by atoms with Crippen molar-refractivity contribution in [3.8, 4) is 0 Å². The second-order valence-corrected chi connectivity index (χ2v) is 6.75. The zero-order chi connectivity index (χ0) is 20.3. The molecule has 28 heavy (non-hydrogen) atoms. The zero-order valence-electron chi connectivity index (χ0n) is 15.9. The molecule has 0 saturated carbocycles. The second-order valence-electron chi connectivity index (χ2n) is 6.75. The summed E-state index contributed by atoms with van der Waals surface area (Å²) in [4.78, 5) is 37.8. The van der Waals surface area contributed by atoms with Crippen LogP contribution >= 0.6 is 0 Å². The molecule has 2 heterocycles. The number of amides is 3. The Balaban J connectivity index is 1.68. The van der Waals surface area contributed by atoms with Crippen molar-refractivity contribution in [2.75, 3.05) is 49.1 Å². The van der Waals surface area contributed by atoms with Crippen LogP contribution in [0.15, 0.2) is 18.2 Å². The third-order valence-corrected chi connectivity index (χ3v) is 4.69. The van der Waals surface area contributed by atoms with E-state index in [2.05, 4.69) is 10.7 Å². The molecule has 152 valence electrons. The van der Waals surface area contributed by atoms with E-state index in [9.17, 15) is 18.8 Å². The summed E-state index contributed by atoms with van der Waals surface area (Å²) >= 11 is 0. The molecular weight excluding hydrogens is 369 g/mol. The lowest BCUT2D eigenvalue weighted by Crippen LogP contribution is -2.42. The van der Waals surface area contributed by atoms with Crippen molar-refractivity contribution in [2.45, 2.75) is 20.0 Å². The Morgan fingerprint density at radius 2 is 2.07 bits per heavy atom. The standard InChI is InChI=1S/C18H24FN5O4/c1-12(25)20-10-15-11-23(18(27)28-15)14-3-4-17(16(19)9-14)22-6-5-21-24(8-7-22)13(2)26/h3-4,9,15,21H,5-8,10-11H2,1-2H3,(H,20,25)/t15-/m0/s1. The van der Waals surface area contributed by atoms with Crippen LogP contribution in [0.4, 0.5) is 20.6 Å². The number of carbonyl (C=O) groups excluding carboxylic acids is 3. The van der Waals surface area contributed by atoms with Crippen LogP contribution in [0.1, 0.15) is 13.8 Å². The average molecular weight is 393 g/mol. The van der Waals surface area contributed by atoms with Crippen molar-refractivity contribution in [2.24, 2.45) is 0 Å². The Hall–Kier alpha value is -2.88. The number of ether oxygens (including phenoxy) is 1. The SMILES string of the molecule is CC(=O)NC[C@H]1CN(c2ccc(N3CCNN(C(C)=O)CC3)c(F)c2)C(=O)O1. The van der Waals surface area contributed by atoms with E-state index in [0.29, 0.717) is 37.6 Å². The summed E-state index contributed by atoms with van der Waals surface area (Å²) in [5.41, 5.74) is 3.82. The normalized spacial score (nSPS) is 20.0. The summed E-state index contributed by atoms with van der Waals surface area (Å²) in [5, 5.41) is 4.12. The number of hydrazine groups is 1. The van der Waals surface area contributed by atoms with Gasteiger partial charge in [-0.15, -0.1) is 0 Å². The lowest BCUT2D eigenvalue weighted by Gasteiger charge is -2.24. The molecule has 0 bridgehead atoms. The lowest BCUT2D eigenvalue weighted by atomic mass is 10.2. The number of hydrogen-bond donors (Lipinski definition) is 2. The Bertz CT molecular complexity index is 774. The molecule has 2 aliphatic rings. The molecule has 0 aliphatic carbocycles. The van der Waals surface area contributed by atoms with E-state index < -0.39 is 18.0 Å². The number of carbonyl (C=O) groups is 3. The van der Waals surface area contributed by atoms with Gasteiger partial charge in [0.1, 0.15) is 11.9 Å². The van der Waals surface area contributed by atoms with Crippen LogP contribution < -0.4 is 20.5 Å². The number of nitrogens with zero attached hydrogens (tertiary/aromatic N) is 3. The molecule has 9 nitrogen and oxygen atoms in total. The molecule has 1 atom stereocenters. The number of rotatable bonds is 4. The van der Waals surface area contributed by atoms with Crippen LogP contribution in [0.2, 0.25) is 0 Å². The van der Waals surface area contributed by atoms with Crippen molar-refractivity contribution in [3.63, 3.8) is 0 Å². The van der Waals surface area contributed by atoms with Crippen molar-refractivity contribution in [3.05, 3.63) is 24.0 Å². The number of hydrogen-bond acceptors (Lipinski definition) is 6. The van der Waals surface area contributed by atoms with E-state index in [1.807, 2.05) is 4.90 Å². The summed E-state index contributed by atoms with van der Waals surface area (Å²) in [5.74, 6) is -0.744. The molecule has 0 aromatic heterocycles. The maximum atomic E-state index is 14.8. The van der Waals surface area contributed by atoms with Crippen molar-refractivity contribution < 1.29 is 23.5 Å². The maximum Gasteiger partial charge on any atom is 0.414 e. The largest absolute Gasteiger partial charge is 0.442 e. The fourth-order valence-corrected chi connectivity index (χ4v) is 3.26. The van der Waals surface area contributed by atoms with Crippen LogP contribution in [0.3, 0.4) is 0 Å². The first-order valence-electron chi connectivity index (χ1n) is 9.14. The third kappa shape index (κ3) is 4.50. The third-order valence-electron chi connectivity index (χ3n) is 4.69. The number of benzene rings is 1. The van der Waals surface area contributed by atoms with Gasteiger partial charge in [-0.3, -0.25) is 19.5 Å². The van der Waals surface area contributed by atoms with E-state index in [0.717, 1.165) is 0 Å². The monoisotopic (exact) mass is 393 g/mol. The molecular formula is C18H24FN5O4. The van der Waals surface area contributed by atoms with Crippen LogP contribution in [-0.2, 0) is 14.3 Å². The minimum atomic E-state index is -0.571. The fourth-order valence-electron chi connectivity index (χ4n) is 3.26. The van der Waals surface area contributed by atoms with Crippen LogP contribution in [-0.4, -0.2) is 68.3 Å². The van der Waals surface area contributed by atoms with Crippen LogP contribution in [0, 0.1) is 5.82 Å². The number of anilines is 2. The molecule has 0 unspecified atom stereocenters. The second kappa shape index (κ2) is 8.42. The summed E-state index contributed by atoms with van der Waals surface area (Å²) in [6.07, 6.45) is -1.05. The van der Waals surface area contributed by atoms with Crippen molar-refractivity contribution >= 4 is 29.3 Å². The van der Waals surface area contributed by atoms with Gasteiger partial charge in [0.25, 0.3) is 0 Å². The van der Waals surface area contributed by atoms with Gasteiger partial charge in [0, 0.05) is 33.5 Å². The van der Waals surface area contributed by atoms with Crippen LogP contribution in [0.5, 0.6) is 0 Å². The van der Waals surface area contributed by atoms with Gasteiger partial charge in [-0.05, 0) is 18.2 Å². The quantitative estimate of drug-likeness (QED) is 0.772. The predicted octanol–water partition coefficient (Wildman–Crippen LogP) is 0.460. The van der Waals surface area contributed by atoms with E-state index >= 15 is 0 Å². The average Bonchev–Trinajstić information content (AvgIpc) is 2.85. The zero-order valence-corrected chi connectivity index (χ0v) is 15.9. The molecule has 2 aliphatic heterocycles. The van der Waals surface area contributed by atoms with Gasteiger partial charge in [0.15, 0.2) is 0 Å². The highest BCUT2D eigenvalue weighted by Crippen LogP contribution is 2.28. The summed E-state index contributed by atoms with van der Waals surface area (Å²) in [6, 6.07) is 4.60. The molecule has 1 aromatic carbocycles. The Morgan fingerprint density at radius 3 is 2.75 bits per heavy atom. The highest BCUT2D eigenvalue weighted by molar-refractivity contribution is 5.90. The molecule has 2 fully saturated rings. The Labute approximate surface area is 162 Å². The van der Waals surface area contributed by atoms with Gasteiger partial charge >= 0.3 is 6.09 Å². The molecule has 0 spiro atoms. The van der Waals surface area contributed by atoms with E-state index in [4.69, 9.17) is 4.74 Å². The van der Waals surface area contributed by atoms with E-state index in [1.165, 1.54) is 29.8 Å². The highest BCUT2D eigenvalue weighted by Gasteiger charge is 2.33. The minimum absolute atomic E-state index is 0.0842. The first kappa shape index (κ1) is 19.9. The summed E-state index contributed by atoms with van der Waals surface area (Å²) in [7, 11) is 0. The van der Waals surface area contributed by atoms with Gasteiger partial charge in [-0.1, -0.05) is 0 Å². The van der Waals surface area contributed by atoms with Crippen molar-refractivity contribution in [1.82, 2.24) is 15.8 Å². The molecule has 1 aromatic rings. The topological polar surface area (TPSA) is 94.2 Å². The summed E-state index contributed by atoms with van der Waals surface area (Å²) in [6.45, 7) is 5.31. The smallest absolute Gasteiger partial charge is 0.414 e. The van der Waals surface area contributed by atoms with Crippen LogP contribution in [0.25, 0.3) is 0 Å². The van der Waals surface area contributed by atoms with Gasteiger partial charge in [0.05, 0.1) is 31.0 Å². The Morgan fingerprint density at radius 1 is 1.29 bits per heavy atom. The van der Waals surface area contributed by atoms with Gasteiger partial charge in [0.2, 0.25) is 11.8 Å². The lowest BCUT2D eigenvalue weighted by molar-refractivity contribution is -0.131. The number of cyclic esters (lactones) is 1. The minimum Gasteiger partial charge on any atom is -0.442 e. The molecule has 0 radical (unpaired) electrons. The molecule has 3 amide bonds. The number of halogens is 1. The number of nitrogens with one attached hydrogen (secondary N) is 2. The summed E-state index contributed by atoms with van der Waals surface area (Å²) < 4.78 is 20.0. The molecule has 2 saturated heterocycles. The predicted molar refractivity (Wildman–Crippen MR) is 100 cm³/mol. The van der Waals surface area contributed by atoms with Crippen molar-refractivity contribution in [1.29, 1.82) is 0 Å². The first-order chi connectivity index (χ1) is 13.3. The van der Waals surface area contributed by atoms with Gasteiger partial charge in [-0.2, -0.15) is 0 Å². The van der Waals surface area contributed by atoms with Gasteiger partial charge < -0.3 is 15.0 Å². The highest BCUT2D eigenvalue weighted by atomic mass is 19.1. The van der Waals surface area contributed by atoms with E-state index in [1.54, 1.807) is 12.1 Å². The van der Waals surface area contributed by atoms with E-state index in [-0.39, 0.29) is 24.9 Å². The van der Waals surface area contributed by atoms with Gasteiger partial charge in [-0.25, -0.2) is 14.6 Å².